The summed E-state index contributed by atoms with van der Waals surface area (Å²) in [5.74, 6) is 0. The standard InChI is InChI=1S/CH5O4P.K/c1-5-6(2,3)4;/h1H3,(H2,2,3,4);/q;+1/p-2. The minimum absolute atomic E-state index is 0. The molecule has 7 heavy (non-hydrogen) atoms. The van der Waals surface area contributed by atoms with E-state index in [0.29, 0.717) is 0 Å². The van der Waals surface area contributed by atoms with Gasteiger partial charge in [0, 0.05) is 7.11 Å². The van der Waals surface area contributed by atoms with Crippen LogP contribution in [0.1, 0.15) is 0 Å². The van der Waals surface area contributed by atoms with Gasteiger partial charge in [-0.3, -0.25) is 0 Å². The predicted octanol–water partition coefficient (Wildman–Crippen LogP) is -4.53. The number of hydrogen-bond donors (Lipinski definition) is 0. The Kier molecular flexibility index (Phi) is 7.59. The van der Waals surface area contributed by atoms with E-state index in [2.05, 4.69) is 4.52 Å². The van der Waals surface area contributed by atoms with Crippen LogP contribution in [0.2, 0.25) is 0 Å². The molecule has 0 saturated heterocycles. The fraction of sp³-hybridized carbons (Fsp3) is 1.00. The molecule has 0 heterocycles. The van der Waals surface area contributed by atoms with Gasteiger partial charge >= 0.3 is 51.4 Å². The first kappa shape index (κ1) is 11.5. The van der Waals surface area contributed by atoms with Crippen LogP contribution in [0.15, 0.2) is 0 Å². The first-order valence-electron chi connectivity index (χ1n) is 1.14. The maximum Gasteiger partial charge on any atom is 1.00 e. The van der Waals surface area contributed by atoms with E-state index in [0.717, 1.165) is 7.11 Å². The second kappa shape index (κ2) is 4.61. The number of hydrogen-bond acceptors (Lipinski definition) is 4. The minimum atomic E-state index is -4.65. The summed E-state index contributed by atoms with van der Waals surface area (Å²) in [6, 6.07) is 0. The van der Waals surface area contributed by atoms with Gasteiger partial charge in [-0.2, -0.15) is 0 Å². The van der Waals surface area contributed by atoms with Gasteiger partial charge in [-0.05, 0) is 0 Å². The molecule has 0 unspecified atom stereocenters. The quantitative estimate of drug-likeness (QED) is 0.278. The summed E-state index contributed by atoms with van der Waals surface area (Å²) in [5.41, 5.74) is 0. The molecule has 0 aromatic rings. The van der Waals surface area contributed by atoms with E-state index in [1.54, 1.807) is 0 Å². The van der Waals surface area contributed by atoms with Crippen LogP contribution in [-0.2, 0) is 9.09 Å². The third-order valence-corrected chi connectivity index (χ3v) is 0.671. The van der Waals surface area contributed by atoms with Crippen LogP contribution >= 0.6 is 7.82 Å². The molecule has 4 nitrogen and oxygen atoms in total. The van der Waals surface area contributed by atoms with E-state index in [1.807, 2.05) is 0 Å². The summed E-state index contributed by atoms with van der Waals surface area (Å²) in [5, 5.41) is 0. The molecular weight excluding hydrogens is 146 g/mol. The van der Waals surface area contributed by atoms with Gasteiger partial charge in [-0.1, -0.05) is 0 Å². The van der Waals surface area contributed by atoms with Gasteiger partial charge in [-0.25, -0.2) is 0 Å². The molecule has 0 aromatic heterocycles. The van der Waals surface area contributed by atoms with Gasteiger partial charge in [0.25, 0.3) is 0 Å². The fourth-order valence-corrected chi connectivity index (χ4v) is 0. The Bertz CT molecular complexity index is 75.8. The molecule has 0 aliphatic heterocycles. The number of phosphoric acid groups is 1. The van der Waals surface area contributed by atoms with E-state index >= 15 is 0 Å². The molecule has 38 valence electrons. The third-order valence-electron chi connectivity index (χ3n) is 0.224. The van der Waals surface area contributed by atoms with Crippen molar-refractivity contribution in [3.63, 3.8) is 0 Å². The molecule has 0 spiro atoms. The molecule has 0 bridgehead atoms. The maximum absolute atomic E-state index is 9.25. The molecule has 0 aliphatic carbocycles. The molecule has 0 aromatic carbocycles. The molecular formula is CH3KO4P-. The van der Waals surface area contributed by atoms with Gasteiger partial charge in [-0.15, -0.1) is 0 Å². The summed E-state index contributed by atoms with van der Waals surface area (Å²) >= 11 is 0. The number of phosphoric ester groups is 1. The molecule has 0 aliphatic rings. The second-order valence-corrected chi connectivity index (χ2v) is 1.89. The normalized spacial score (nSPS) is 10.1. The minimum Gasteiger partial charge on any atom is -0.790 e. The van der Waals surface area contributed by atoms with Crippen LogP contribution in [0.4, 0.5) is 0 Å². The zero-order chi connectivity index (χ0) is 5.21. The maximum atomic E-state index is 9.25. The van der Waals surface area contributed by atoms with Crippen molar-refractivity contribution in [2.75, 3.05) is 7.11 Å². The Morgan fingerprint density at radius 1 is 1.57 bits per heavy atom. The van der Waals surface area contributed by atoms with Crippen LogP contribution in [0.25, 0.3) is 0 Å². The topological polar surface area (TPSA) is 72.4 Å². The van der Waals surface area contributed by atoms with E-state index in [9.17, 15) is 14.4 Å². The van der Waals surface area contributed by atoms with Crippen molar-refractivity contribution >= 4 is 7.82 Å². The summed E-state index contributed by atoms with van der Waals surface area (Å²) in [7, 11) is -3.83. The molecule has 0 radical (unpaired) electrons. The predicted molar refractivity (Wildman–Crippen MR) is 14.6 cm³/mol. The van der Waals surface area contributed by atoms with E-state index in [-0.39, 0.29) is 51.4 Å². The van der Waals surface area contributed by atoms with Gasteiger partial charge in [0.15, 0.2) is 0 Å². The molecule has 0 amide bonds. The van der Waals surface area contributed by atoms with Crippen molar-refractivity contribution in [1.29, 1.82) is 0 Å². The SMILES string of the molecule is COP(=O)([O-])[O-].[K+]. The van der Waals surface area contributed by atoms with E-state index < -0.39 is 7.82 Å². The molecule has 0 rings (SSSR count). The van der Waals surface area contributed by atoms with Gasteiger partial charge < -0.3 is 18.9 Å². The zero-order valence-corrected chi connectivity index (χ0v) is 8.10. The first-order chi connectivity index (χ1) is 2.56. The molecule has 0 fully saturated rings. The monoisotopic (exact) mass is 149 g/mol. The average Bonchev–Trinajstić information content (AvgIpc) is 1.35. The summed E-state index contributed by atoms with van der Waals surface area (Å²) in [6.07, 6.45) is 0. The average molecular weight is 149 g/mol. The fourth-order valence-electron chi connectivity index (χ4n) is 0. The summed E-state index contributed by atoms with van der Waals surface area (Å²) < 4.78 is 12.6. The second-order valence-electron chi connectivity index (χ2n) is 0.630. The Morgan fingerprint density at radius 2 is 1.71 bits per heavy atom. The van der Waals surface area contributed by atoms with Gasteiger partial charge in [0.05, 0.1) is 7.82 Å². The smallest absolute Gasteiger partial charge is 0.790 e. The van der Waals surface area contributed by atoms with Gasteiger partial charge in [0.2, 0.25) is 0 Å². The van der Waals surface area contributed by atoms with Crippen molar-refractivity contribution in [2.45, 2.75) is 0 Å². The van der Waals surface area contributed by atoms with Crippen LogP contribution in [0, 0.1) is 0 Å². The first-order valence-corrected chi connectivity index (χ1v) is 2.60. The van der Waals surface area contributed by atoms with Crippen molar-refractivity contribution in [3.8, 4) is 0 Å². The largest absolute Gasteiger partial charge is 1.00 e. The Morgan fingerprint density at radius 3 is 1.71 bits per heavy atom. The van der Waals surface area contributed by atoms with Crippen molar-refractivity contribution in [2.24, 2.45) is 0 Å². The van der Waals surface area contributed by atoms with Crippen LogP contribution in [-0.4, -0.2) is 7.11 Å². The Hall–Kier alpha value is 1.75. The Labute approximate surface area is 83.9 Å². The molecule has 0 N–H and O–H groups in total. The van der Waals surface area contributed by atoms with Crippen LogP contribution in [0.5, 0.6) is 0 Å². The van der Waals surface area contributed by atoms with Crippen LogP contribution < -0.4 is 61.2 Å². The van der Waals surface area contributed by atoms with Crippen LogP contribution in [0.3, 0.4) is 0 Å². The summed E-state index contributed by atoms with van der Waals surface area (Å²) in [6.45, 7) is 0. The van der Waals surface area contributed by atoms with E-state index in [1.165, 1.54) is 0 Å². The zero-order valence-electron chi connectivity index (χ0n) is 4.08. The molecule has 0 atom stereocenters. The van der Waals surface area contributed by atoms with Crippen molar-refractivity contribution in [3.05, 3.63) is 0 Å². The molecule has 0 saturated carbocycles. The summed E-state index contributed by atoms with van der Waals surface area (Å²) in [4.78, 5) is 18.5. The van der Waals surface area contributed by atoms with Crippen molar-refractivity contribution < 1.29 is 70.3 Å². The van der Waals surface area contributed by atoms with Crippen molar-refractivity contribution in [1.82, 2.24) is 0 Å². The number of rotatable bonds is 1. The Balaban J connectivity index is 0. The van der Waals surface area contributed by atoms with E-state index in [4.69, 9.17) is 0 Å². The third kappa shape index (κ3) is 11.4. The molecule has 6 heteroatoms. The van der Waals surface area contributed by atoms with Gasteiger partial charge in [0.1, 0.15) is 0 Å².